The zero-order chi connectivity index (χ0) is 17.9. The summed E-state index contributed by atoms with van der Waals surface area (Å²) in [6.45, 7) is 9.39. The Labute approximate surface area is 148 Å². The van der Waals surface area contributed by atoms with Gasteiger partial charge in [0.2, 0.25) is 0 Å². The van der Waals surface area contributed by atoms with Crippen LogP contribution in [0.4, 0.5) is 5.82 Å². The second-order valence-electron chi connectivity index (χ2n) is 7.16. The Balaban J connectivity index is 1.89. The van der Waals surface area contributed by atoms with Crippen LogP contribution in [0.1, 0.15) is 44.0 Å². The largest absolute Gasteiger partial charge is 0.381 e. The second kappa shape index (κ2) is 7.43. The lowest BCUT2D eigenvalue weighted by Crippen LogP contribution is -2.41. The molecule has 0 spiro atoms. The van der Waals surface area contributed by atoms with Gasteiger partial charge in [-0.1, -0.05) is 13.8 Å². The predicted molar refractivity (Wildman–Crippen MR) is 94.2 cm³/mol. The van der Waals surface area contributed by atoms with E-state index in [1.54, 1.807) is 7.05 Å². The molecule has 0 saturated carbocycles. The highest BCUT2D eigenvalue weighted by molar-refractivity contribution is 5.40. The molecule has 0 N–H and O–H groups in total. The number of aromatic nitrogens is 6. The average Bonchev–Trinajstić information content (AvgIpc) is 2.99. The fraction of sp³-hybridized carbons (Fsp3) is 0.706. The van der Waals surface area contributed by atoms with Crippen molar-refractivity contribution < 1.29 is 4.74 Å². The summed E-state index contributed by atoms with van der Waals surface area (Å²) in [5.74, 6) is 2.47. The van der Waals surface area contributed by atoms with Crippen LogP contribution in [0, 0.1) is 12.3 Å². The smallest absolute Gasteiger partial charge is 0.194 e. The first kappa shape index (κ1) is 17.7. The molecule has 2 aromatic heterocycles. The van der Waals surface area contributed by atoms with E-state index in [0.29, 0.717) is 12.4 Å². The Morgan fingerprint density at radius 1 is 1.32 bits per heavy atom. The fourth-order valence-electron chi connectivity index (χ4n) is 3.28. The third-order valence-corrected chi connectivity index (χ3v) is 4.50. The highest BCUT2D eigenvalue weighted by Gasteiger charge is 2.31. The van der Waals surface area contributed by atoms with Gasteiger partial charge in [-0.05, 0) is 25.0 Å². The summed E-state index contributed by atoms with van der Waals surface area (Å²) in [6.07, 6.45) is 3.05. The maximum Gasteiger partial charge on any atom is 0.194 e. The topological polar surface area (TPSA) is 81.9 Å². The molecule has 8 heteroatoms. The van der Waals surface area contributed by atoms with Gasteiger partial charge in [0.1, 0.15) is 11.6 Å². The molecule has 1 unspecified atom stereocenters. The van der Waals surface area contributed by atoms with Crippen molar-refractivity contribution in [2.24, 2.45) is 12.5 Å². The van der Waals surface area contributed by atoms with Crippen molar-refractivity contribution in [1.29, 1.82) is 0 Å². The molecule has 2 aromatic rings. The Morgan fingerprint density at radius 2 is 2.16 bits per heavy atom. The van der Waals surface area contributed by atoms with Gasteiger partial charge in [-0.15, -0.1) is 10.2 Å². The average molecular weight is 345 g/mol. The number of ether oxygens (including phenoxy) is 1. The first-order valence-electron chi connectivity index (χ1n) is 8.87. The summed E-state index contributed by atoms with van der Waals surface area (Å²) < 4.78 is 5.74. The van der Waals surface area contributed by atoms with Gasteiger partial charge < -0.3 is 9.64 Å². The van der Waals surface area contributed by atoms with Crippen LogP contribution in [0.2, 0.25) is 0 Å². The molecule has 1 atom stereocenters. The van der Waals surface area contributed by atoms with Crippen LogP contribution in [0.15, 0.2) is 6.07 Å². The first-order valence-corrected chi connectivity index (χ1v) is 8.87. The quantitative estimate of drug-likeness (QED) is 0.788. The molecule has 1 aliphatic rings. The Bertz CT molecular complexity index is 709. The molecular formula is C17H27N7O. The van der Waals surface area contributed by atoms with Gasteiger partial charge in [-0.2, -0.15) is 4.80 Å². The van der Waals surface area contributed by atoms with Crippen LogP contribution in [-0.2, 0) is 24.8 Å². The van der Waals surface area contributed by atoms with Gasteiger partial charge in [-0.25, -0.2) is 9.97 Å². The van der Waals surface area contributed by atoms with E-state index < -0.39 is 0 Å². The van der Waals surface area contributed by atoms with Crippen molar-refractivity contribution in [3.63, 3.8) is 0 Å². The Morgan fingerprint density at radius 3 is 2.80 bits per heavy atom. The van der Waals surface area contributed by atoms with Crippen LogP contribution in [-0.4, -0.2) is 49.9 Å². The third-order valence-electron chi connectivity index (χ3n) is 4.50. The predicted octanol–water partition coefficient (Wildman–Crippen LogP) is 1.69. The SMILES string of the molecule is CCc1nc(C)cc(N(Cc2nnn(C)n2)CC2(C)CCCOC2)n1. The molecule has 0 radical (unpaired) electrons. The fourth-order valence-corrected chi connectivity index (χ4v) is 3.28. The molecule has 0 amide bonds. The van der Waals surface area contributed by atoms with Crippen LogP contribution < -0.4 is 4.90 Å². The Hall–Kier alpha value is -2.09. The summed E-state index contributed by atoms with van der Waals surface area (Å²) in [6, 6.07) is 2.03. The van der Waals surface area contributed by atoms with E-state index >= 15 is 0 Å². The molecule has 25 heavy (non-hydrogen) atoms. The zero-order valence-electron chi connectivity index (χ0n) is 15.6. The molecule has 1 aliphatic heterocycles. The highest BCUT2D eigenvalue weighted by atomic mass is 16.5. The summed E-state index contributed by atoms with van der Waals surface area (Å²) in [5.41, 5.74) is 1.06. The van der Waals surface area contributed by atoms with Gasteiger partial charge in [0.15, 0.2) is 5.82 Å². The van der Waals surface area contributed by atoms with E-state index in [4.69, 9.17) is 9.72 Å². The maximum absolute atomic E-state index is 5.74. The number of hydrogen-bond donors (Lipinski definition) is 0. The normalized spacial score (nSPS) is 20.6. The van der Waals surface area contributed by atoms with E-state index in [2.05, 4.69) is 39.1 Å². The molecule has 1 saturated heterocycles. The molecular weight excluding hydrogens is 318 g/mol. The highest BCUT2D eigenvalue weighted by Crippen LogP contribution is 2.31. The summed E-state index contributed by atoms with van der Waals surface area (Å²) in [7, 11) is 1.78. The summed E-state index contributed by atoms with van der Waals surface area (Å²) >= 11 is 0. The van der Waals surface area contributed by atoms with Gasteiger partial charge in [0.05, 0.1) is 20.2 Å². The van der Waals surface area contributed by atoms with Crippen molar-refractivity contribution in [2.45, 2.75) is 46.6 Å². The van der Waals surface area contributed by atoms with Crippen molar-refractivity contribution in [2.75, 3.05) is 24.7 Å². The molecule has 0 aromatic carbocycles. The van der Waals surface area contributed by atoms with Crippen molar-refractivity contribution in [3.8, 4) is 0 Å². The van der Waals surface area contributed by atoms with E-state index in [0.717, 1.165) is 56.4 Å². The number of hydrogen-bond acceptors (Lipinski definition) is 7. The molecule has 3 heterocycles. The molecule has 136 valence electrons. The van der Waals surface area contributed by atoms with Gasteiger partial charge in [0.25, 0.3) is 0 Å². The number of rotatable bonds is 6. The summed E-state index contributed by atoms with van der Waals surface area (Å²) in [5, 5.41) is 12.4. The maximum atomic E-state index is 5.74. The van der Waals surface area contributed by atoms with Crippen LogP contribution in [0.3, 0.4) is 0 Å². The monoisotopic (exact) mass is 345 g/mol. The molecule has 8 nitrogen and oxygen atoms in total. The van der Waals surface area contributed by atoms with Gasteiger partial charge >= 0.3 is 0 Å². The van der Waals surface area contributed by atoms with Crippen LogP contribution in [0.25, 0.3) is 0 Å². The van der Waals surface area contributed by atoms with E-state index in [1.807, 2.05) is 13.0 Å². The third kappa shape index (κ3) is 4.50. The van der Waals surface area contributed by atoms with Gasteiger partial charge in [-0.3, -0.25) is 0 Å². The minimum atomic E-state index is 0.0890. The molecule has 1 fully saturated rings. The number of tetrazole rings is 1. The summed E-state index contributed by atoms with van der Waals surface area (Å²) in [4.78, 5) is 13.0. The van der Waals surface area contributed by atoms with Gasteiger partial charge in [0, 0.05) is 36.7 Å². The van der Waals surface area contributed by atoms with E-state index in [1.165, 1.54) is 4.80 Å². The standard InChI is InChI=1S/C17H27N7O/c1-5-14-18-13(2)9-16(19-14)24(10-15-20-22-23(4)21-15)11-17(3)7-6-8-25-12-17/h9H,5-8,10-12H2,1-4H3. The lowest BCUT2D eigenvalue weighted by atomic mass is 9.84. The number of aryl methyl sites for hydroxylation is 3. The second-order valence-corrected chi connectivity index (χ2v) is 7.16. The van der Waals surface area contributed by atoms with Crippen molar-refractivity contribution in [3.05, 3.63) is 23.4 Å². The lowest BCUT2D eigenvalue weighted by molar-refractivity contribution is 0.00621. The molecule has 0 aliphatic carbocycles. The van der Waals surface area contributed by atoms with Crippen LogP contribution >= 0.6 is 0 Å². The van der Waals surface area contributed by atoms with E-state index in [9.17, 15) is 0 Å². The minimum Gasteiger partial charge on any atom is -0.381 e. The minimum absolute atomic E-state index is 0.0890. The van der Waals surface area contributed by atoms with Crippen molar-refractivity contribution >= 4 is 5.82 Å². The number of anilines is 1. The van der Waals surface area contributed by atoms with Crippen molar-refractivity contribution in [1.82, 2.24) is 30.2 Å². The zero-order valence-corrected chi connectivity index (χ0v) is 15.6. The number of nitrogens with zero attached hydrogens (tertiary/aromatic N) is 7. The molecule has 0 bridgehead atoms. The molecule has 3 rings (SSSR count). The van der Waals surface area contributed by atoms with E-state index in [-0.39, 0.29) is 5.41 Å². The first-order chi connectivity index (χ1) is 12.0. The lowest BCUT2D eigenvalue weighted by Gasteiger charge is -2.38. The van der Waals surface area contributed by atoms with Crippen LogP contribution in [0.5, 0.6) is 0 Å². The Kier molecular flexibility index (Phi) is 5.27.